The molecule has 0 spiro atoms. The van der Waals surface area contributed by atoms with Crippen molar-refractivity contribution in [1.29, 1.82) is 0 Å². The second-order valence-electron chi connectivity index (χ2n) is 6.60. The van der Waals surface area contributed by atoms with E-state index in [1.807, 2.05) is 12.1 Å². The largest absolute Gasteiger partial charge is 0.454 e. The highest BCUT2D eigenvalue weighted by Crippen LogP contribution is 2.32. The molecule has 152 valence electrons. The first-order valence-electron chi connectivity index (χ1n) is 9.48. The predicted octanol–water partition coefficient (Wildman–Crippen LogP) is 2.34. The molecule has 1 aromatic carbocycles. The molecule has 0 atom stereocenters. The smallest absolute Gasteiger partial charge is 0.409 e. The van der Waals surface area contributed by atoms with E-state index in [2.05, 4.69) is 15.2 Å². The van der Waals surface area contributed by atoms with Crippen molar-refractivity contribution in [3.63, 3.8) is 0 Å². The Balaban J connectivity index is 1.34. The predicted molar refractivity (Wildman–Crippen MR) is 106 cm³/mol. The molecule has 2 aromatic rings. The van der Waals surface area contributed by atoms with E-state index in [9.17, 15) is 9.59 Å². The van der Waals surface area contributed by atoms with Crippen LogP contribution in [0.4, 0.5) is 16.3 Å². The van der Waals surface area contributed by atoms with E-state index >= 15 is 0 Å². The van der Waals surface area contributed by atoms with Crippen LogP contribution in [0.2, 0.25) is 0 Å². The zero-order chi connectivity index (χ0) is 20.2. The summed E-state index contributed by atoms with van der Waals surface area (Å²) in [4.78, 5) is 32.5. The van der Waals surface area contributed by atoms with Crippen molar-refractivity contribution >= 4 is 23.5 Å². The van der Waals surface area contributed by atoms with Gasteiger partial charge in [-0.3, -0.25) is 4.79 Å². The summed E-state index contributed by atoms with van der Waals surface area (Å²) < 4.78 is 15.6. The average Bonchev–Trinajstić information content (AvgIpc) is 3.22. The van der Waals surface area contributed by atoms with E-state index in [0.29, 0.717) is 55.5 Å². The van der Waals surface area contributed by atoms with Gasteiger partial charge in [0, 0.05) is 31.7 Å². The first-order valence-corrected chi connectivity index (χ1v) is 9.48. The van der Waals surface area contributed by atoms with Crippen molar-refractivity contribution < 1.29 is 23.8 Å². The number of nitrogens with zero attached hydrogens (tertiary/aromatic N) is 3. The number of hydrogen-bond donors (Lipinski definition) is 1. The lowest BCUT2D eigenvalue weighted by Gasteiger charge is -2.34. The normalized spacial score (nSPS) is 15.2. The first-order chi connectivity index (χ1) is 14.1. The van der Waals surface area contributed by atoms with Gasteiger partial charge in [0.1, 0.15) is 5.82 Å². The van der Waals surface area contributed by atoms with E-state index in [4.69, 9.17) is 14.2 Å². The Kier molecular flexibility index (Phi) is 5.37. The molecule has 0 radical (unpaired) electrons. The third kappa shape index (κ3) is 4.18. The quantitative estimate of drug-likeness (QED) is 0.845. The minimum absolute atomic E-state index is 0.167. The molecule has 2 aliphatic heterocycles. The molecule has 0 unspecified atom stereocenters. The Labute approximate surface area is 168 Å². The zero-order valence-electron chi connectivity index (χ0n) is 16.1. The number of ether oxygens (including phenoxy) is 3. The number of amides is 2. The Morgan fingerprint density at radius 1 is 1.10 bits per heavy atom. The summed E-state index contributed by atoms with van der Waals surface area (Å²) in [5.74, 6) is 1.75. The molecule has 2 amide bonds. The summed E-state index contributed by atoms with van der Waals surface area (Å²) in [6, 6.07) is 8.73. The number of fused-ring (bicyclic) bond motifs is 1. The Morgan fingerprint density at radius 2 is 1.90 bits per heavy atom. The third-order valence-corrected chi connectivity index (χ3v) is 4.77. The van der Waals surface area contributed by atoms with Crippen molar-refractivity contribution in [2.45, 2.75) is 6.92 Å². The molecular formula is C20H22N4O5. The minimum atomic E-state index is -0.276. The summed E-state index contributed by atoms with van der Waals surface area (Å²) in [7, 11) is 0. The molecule has 0 aliphatic carbocycles. The van der Waals surface area contributed by atoms with Crippen LogP contribution in [0.15, 0.2) is 36.5 Å². The Morgan fingerprint density at radius 3 is 2.62 bits per heavy atom. The van der Waals surface area contributed by atoms with Crippen molar-refractivity contribution in [3.8, 4) is 11.5 Å². The van der Waals surface area contributed by atoms with E-state index < -0.39 is 0 Å². The maximum absolute atomic E-state index is 12.5. The van der Waals surface area contributed by atoms with Crippen LogP contribution in [0.1, 0.15) is 17.3 Å². The van der Waals surface area contributed by atoms with Gasteiger partial charge in [0.15, 0.2) is 11.5 Å². The van der Waals surface area contributed by atoms with Gasteiger partial charge in [0.05, 0.1) is 18.5 Å². The lowest BCUT2D eigenvalue weighted by atomic mass is 10.2. The van der Waals surface area contributed by atoms with Gasteiger partial charge in [-0.1, -0.05) is 0 Å². The maximum Gasteiger partial charge on any atom is 0.409 e. The summed E-state index contributed by atoms with van der Waals surface area (Å²) in [5.41, 5.74) is 1.08. The average molecular weight is 398 g/mol. The second kappa shape index (κ2) is 8.26. The van der Waals surface area contributed by atoms with Gasteiger partial charge in [-0.15, -0.1) is 0 Å². The number of carbonyl (C=O) groups excluding carboxylic acids is 2. The van der Waals surface area contributed by atoms with Gasteiger partial charge in [-0.2, -0.15) is 0 Å². The number of benzene rings is 1. The summed E-state index contributed by atoms with van der Waals surface area (Å²) >= 11 is 0. The number of rotatable bonds is 4. The zero-order valence-corrected chi connectivity index (χ0v) is 16.1. The van der Waals surface area contributed by atoms with Gasteiger partial charge < -0.3 is 29.3 Å². The summed E-state index contributed by atoms with van der Waals surface area (Å²) in [6.07, 6.45) is 1.35. The fraction of sp³-hybridized carbons (Fsp3) is 0.350. The van der Waals surface area contributed by atoms with Crippen LogP contribution in [0.3, 0.4) is 0 Å². The lowest BCUT2D eigenvalue weighted by molar-refractivity contribution is 0.102. The number of carbonyl (C=O) groups is 2. The number of nitrogens with one attached hydrogen (secondary N) is 1. The van der Waals surface area contributed by atoms with Gasteiger partial charge in [-0.05, 0) is 37.3 Å². The van der Waals surface area contributed by atoms with Crippen molar-refractivity contribution in [1.82, 2.24) is 9.88 Å². The van der Waals surface area contributed by atoms with Crippen LogP contribution in [0, 0.1) is 0 Å². The molecule has 0 saturated carbocycles. The minimum Gasteiger partial charge on any atom is -0.454 e. The Bertz CT molecular complexity index is 894. The molecule has 29 heavy (non-hydrogen) atoms. The third-order valence-electron chi connectivity index (χ3n) is 4.77. The fourth-order valence-electron chi connectivity index (χ4n) is 3.22. The number of aromatic nitrogens is 1. The molecule has 9 nitrogen and oxygen atoms in total. The molecule has 2 aliphatic rings. The molecule has 3 heterocycles. The summed E-state index contributed by atoms with van der Waals surface area (Å²) in [6.45, 7) is 4.86. The highest BCUT2D eigenvalue weighted by molar-refractivity contribution is 6.04. The van der Waals surface area contributed by atoms with Crippen LogP contribution < -0.4 is 19.7 Å². The van der Waals surface area contributed by atoms with Crippen LogP contribution in [0.25, 0.3) is 0 Å². The monoisotopic (exact) mass is 398 g/mol. The standard InChI is InChI=1S/C20H22N4O5/c1-2-27-20(26)24-9-7-23(8-10-24)18-6-4-15(12-21-18)22-19(25)14-3-5-16-17(11-14)29-13-28-16/h3-6,11-12H,2,7-10,13H2,1H3,(H,22,25). The van der Waals surface area contributed by atoms with E-state index in [0.717, 1.165) is 5.82 Å². The van der Waals surface area contributed by atoms with Crippen LogP contribution in [0.5, 0.6) is 11.5 Å². The van der Waals surface area contributed by atoms with E-state index in [-0.39, 0.29) is 18.8 Å². The van der Waals surface area contributed by atoms with E-state index in [1.165, 1.54) is 0 Å². The Hall–Kier alpha value is -3.49. The first kappa shape index (κ1) is 18.9. The van der Waals surface area contributed by atoms with Gasteiger partial charge >= 0.3 is 6.09 Å². The molecule has 1 fully saturated rings. The lowest BCUT2D eigenvalue weighted by Crippen LogP contribution is -2.49. The number of hydrogen-bond acceptors (Lipinski definition) is 7. The molecular weight excluding hydrogens is 376 g/mol. The second-order valence-corrected chi connectivity index (χ2v) is 6.60. The number of anilines is 2. The van der Waals surface area contributed by atoms with Crippen molar-refractivity contribution in [2.75, 3.05) is 49.8 Å². The topological polar surface area (TPSA) is 93.2 Å². The van der Waals surface area contributed by atoms with Crippen molar-refractivity contribution in [3.05, 3.63) is 42.1 Å². The highest BCUT2D eigenvalue weighted by atomic mass is 16.7. The van der Waals surface area contributed by atoms with Gasteiger partial charge in [0.2, 0.25) is 6.79 Å². The van der Waals surface area contributed by atoms with Crippen LogP contribution in [-0.2, 0) is 4.74 Å². The SMILES string of the molecule is CCOC(=O)N1CCN(c2ccc(NC(=O)c3ccc4c(c3)OCO4)cn2)CC1. The molecule has 1 N–H and O–H groups in total. The molecule has 9 heteroatoms. The van der Waals surface area contributed by atoms with Crippen LogP contribution >= 0.6 is 0 Å². The van der Waals surface area contributed by atoms with Gasteiger partial charge in [0.25, 0.3) is 5.91 Å². The molecule has 1 saturated heterocycles. The summed E-state index contributed by atoms with van der Waals surface area (Å²) in [5, 5.41) is 2.83. The van der Waals surface area contributed by atoms with Crippen molar-refractivity contribution in [2.24, 2.45) is 0 Å². The van der Waals surface area contributed by atoms with Gasteiger partial charge in [-0.25, -0.2) is 9.78 Å². The number of pyridine rings is 1. The fourth-order valence-corrected chi connectivity index (χ4v) is 3.22. The highest BCUT2D eigenvalue weighted by Gasteiger charge is 2.22. The van der Waals surface area contributed by atoms with Crippen LogP contribution in [-0.4, -0.2) is 61.5 Å². The van der Waals surface area contributed by atoms with E-state index in [1.54, 1.807) is 36.2 Å². The maximum atomic E-state index is 12.5. The molecule has 0 bridgehead atoms. The molecule has 1 aromatic heterocycles. The molecule has 4 rings (SSSR count). The number of piperazine rings is 1.